The van der Waals surface area contributed by atoms with Gasteiger partial charge in [-0.3, -0.25) is 4.79 Å². The van der Waals surface area contributed by atoms with Crippen LogP contribution in [-0.2, 0) is 14.1 Å². The molecule has 1 aliphatic heterocycles. The predicted molar refractivity (Wildman–Crippen MR) is 88.0 cm³/mol. The minimum atomic E-state index is -0.793. The molecule has 1 N–H and O–H groups in total. The van der Waals surface area contributed by atoms with Gasteiger partial charge in [-0.15, -0.1) is 0 Å². The summed E-state index contributed by atoms with van der Waals surface area (Å²) in [6.45, 7) is 13.0. The molecule has 0 radical (unpaired) electrons. The Bertz CT molecular complexity index is 610. The summed E-state index contributed by atoms with van der Waals surface area (Å²) in [6.07, 6.45) is 1.06. The van der Waals surface area contributed by atoms with E-state index in [4.69, 9.17) is 9.31 Å². The van der Waals surface area contributed by atoms with Crippen molar-refractivity contribution in [2.24, 2.45) is 5.41 Å². The standard InChI is InChI=1S/C16H24BFN2O3/c1-14(2,3)13(21)20-12-11(8-10(18)9-19-12)17-22-15(4,5)16(6,7)23-17/h8-9H,1-7H3,(H,19,20,21). The molecule has 0 atom stereocenters. The van der Waals surface area contributed by atoms with Gasteiger partial charge in [0.05, 0.1) is 17.4 Å². The third-order valence-electron chi connectivity index (χ3n) is 4.30. The van der Waals surface area contributed by atoms with Crippen molar-refractivity contribution < 1.29 is 18.5 Å². The number of hydrogen-bond donors (Lipinski definition) is 1. The zero-order valence-corrected chi connectivity index (χ0v) is 14.8. The smallest absolute Gasteiger partial charge is 0.399 e. The van der Waals surface area contributed by atoms with E-state index in [0.717, 1.165) is 6.20 Å². The van der Waals surface area contributed by atoms with Crippen LogP contribution in [0.5, 0.6) is 0 Å². The summed E-state index contributed by atoms with van der Waals surface area (Å²) in [5.74, 6) is -0.470. The number of carbonyl (C=O) groups is 1. The van der Waals surface area contributed by atoms with Crippen molar-refractivity contribution in [1.29, 1.82) is 0 Å². The molecule has 2 rings (SSSR count). The summed E-state index contributed by atoms with van der Waals surface area (Å²) < 4.78 is 25.5. The average molecular weight is 322 g/mol. The first-order valence-electron chi connectivity index (χ1n) is 7.66. The van der Waals surface area contributed by atoms with Crippen molar-refractivity contribution in [3.05, 3.63) is 18.1 Å². The van der Waals surface area contributed by atoms with Crippen LogP contribution in [0.1, 0.15) is 48.5 Å². The van der Waals surface area contributed by atoms with Crippen molar-refractivity contribution in [3.63, 3.8) is 0 Å². The number of anilines is 1. The molecule has 1 amide bonds. The van der Waals surface area contributed by atoms with Crippen LogP contribution in [-0.4, -0.2) is 29.2 Å². The molecule has 0 bridgehead atoms. The van der Waals surface area contributed by atoms with Gasteiger partial charge >= 0.3 is 7.12 Å². The molecule has 126 valence electrons. The highest BCUT2D eigenvalue weighted by atomic mass is 19.1. The van der Waals surface area contributed by atoms with E-state index in [2.05, 4.69) is 10.3 Å². The van der Waals surface area contributed by atoms with Gasteiger partial charge in [-0.2, -0.15) is 0 Å². The van der Waals surface area contributed by atoms with Crippen LogP contribution in [0.2, 0.25) is 0 Å². The summed E-state index contributed by atoms with van der Waals surface area (Å²) in [6, 6.07) is 1.29. The van der Waals surface area contributed by atoms with E-state index >= 15 is 0 Å². The largest absolute Gasteiger partial charge is 0.498 e. The number of hydrogen-bond acceptors (Lipinski definition) is 4. The first-order valence-corrected chi connectivity index (χ1v) is 7.66. The van der Waals surface area contributed by atoms with Crippen molar-refractivity contribution in [3.8, 4) is 0 Å². The van der Waals surface area contributed by atoms with Gasteiger partial charge in [0.1, 0.15) is 11.6 Å². The van der Waals surface area contributed by atoms with E-state index in [1.54, 1.807) is 20.8 Å². The third-order valence-corrected chi connectivity index (χ3v) is 4.30. The van der Waals surface area contributed by atoms with E-state index in [-0.39, 0.29) is 11.7 Å². The molecule has 0 aliphatic carbocycles. The Hall–Kier alpha value is -1.47. The van der Waals surface area contributed by atoms with Gasteiger partial charge in [-0.05, 0) is 33.8 Å². The first kappa shape index (κ1) is 17.9. The van der Waals surface area contributed by atoms with Crippen LogP contribution in [0.25, 0.3) is 0 Å². The summed E-state index contributed by atoms with van der Waals surface area (Å²) in [5, 5.41) is 2.73. The molecule has 0 aromatic carbocycles. The second-order valence-electron chi connectivity index (χ2n) is 7.88. The highest BCUT2D eigenvalue weighted by Gasteiger charge is 2.52. The van der Waals surface area contributed by atoms with Crippen LogP contribution in [0.15, 0.2) is 12.3 Å². The quantitative estimate of drug-likeness (QED) is 0.850. The molecule has 0 unspecified atom stereocenters. The second kappa shape index (κ2) is 5.56. The topological polar surface area (TPSA) is 60.5 Å². The fourth-order valence-corrected chi connectivity index (χ4v) is 2.00. The van der Waals surface area contributed by atoms with Crippen molar-refractivity contribution >= 4 is 24.3 Å². The highest BCUT2D eigenvalue weighted by molar-refractivity contribution is 6.63. The van der Waals surface area contributed by atoms with Crippen LogP contribution in [0.4, 0.5) is 10.2 Å². The lowest BCUT2D eigenvalue weighted by molar-refractivity contribution is -0.123. The van der Waals surface area contributed by atoms with Crippen molar-refractivity contribution in [1.82, 2.24) is 4.98 Å². The molecule has 7 heteroatoms. The maximum atomic E-state index is 13.7. The lowest BCUT2D eigenvalue weighted by Crippen LogP contribution is -2.41. The number of amides is 1. The third kappa shape index (κ3) is 3.56. The molecule has 1 aromatic rings. The first-order chi connectivity index (χ1) is 10.3. The number of pyridine rings is 1. The van der Waals surface area contributed by atoms with Gasteiger partial charge in [-0.25, -0.2) is 9.37 Å². The number of halogens is 1. The number of rotatable bonds is 2. The summed E-state index contributed by atoms with van der Waals surface area (Å²) in [7, 11) is -0.793. The number of aromatic nitrogens is 1. The van der Waals surface area contributed by atoms with Crippen molar-refractivity contribution in [2.45, 2.75) is 59.7 Å². The maximum absolute atomic E-state index is 13.7. The fraction of sp³-hybridized carbons (Fsp3) is 0.625. The Morgan fingerprint density at radius 2 is 1.74 bits per heavy atom. The minimum Gasteiger partial charge on any atom is -0.399 e. The summed E-state index contributed by atoms with van der Waals surface area (Å²) in [4.78, 5) is 16.2. The van der Waals surface area contributed by atoms with Gasteiger partial charge in [-0.1, -0.05) is 20.8 Å². The van der Waals surface area contributed by atoms with Gasteiger partial charge < -0.3 is 14.6 Å². The van der Waals surface area contributed by atoms with Crippen molar-refractivity contribution in [2.75, 3.05) is 5.32 Å². The summed E-state index contributed by atoms with van der Waals surface area (Å²) >= 11 is 0. The van der Waals surface area contributed by atoms with E-state index in [1.165, 1.54) is 6.07 Å². The lowest BCUT2D eigenvalue weighted by Gasteiger charge is -2.32. The SMILES string of the molecule is CC(C)(C)C(=O)Nc1ncc(F)cc1B1OC(C)(C)C(C)(C)O1. The Kier molecular flexibility index (Phi) is 4.32. The van der Waals surface area contributed by atoms with E-state index in [1.807, 2.05) is 27.7 Å². The van der Waals surface area contributed by atoms with Gasteiger partial charge in [0.2, 0.25) is 5.91 Å². The normalized spacial score (nSPS) is 19.7. The molecular formula is C16H24BFN2O3. The average Bonchev–Trinajstić information content (AvgIpc) is 2.59. The number of nitrogens with one attached hydrogen (secondary N) is 1. The molecule has 1 fully saturated rings. The minimum absolute atomic E-state index is 0.214. The maximum Gasteiger partial charge on any atom is 0.498 e. The zero-order chi connectivity index (χ0) is 17.6. The zero-order valence-electron chi connectivity index (χ0n) is 14.8. The van der Waals surface area contributed by atoms with Crippen LogP contribution < -0.4 is 10.8 Å². The molecule has 1 saturated heterocycles. The number of nitrogens with zero attached hydrogens (tertiary/aromatic N) is 1. The van der Waals surface area contributed by atoms with Gasteiger partial charge in [0, 0.05) is 10.9 Å². The monoisotopic (exact) mass is 322 g/mol. The Balaban J connectivity index is 2.36. The molecule has 0 saturated carbocycles. The Labute approximate surface area is 137 Å². The Morgan fingerprint density at radius 3 is 2.22 bits per heavy atom. The van der Waals surface area contributed by atoms with Crippen LogP contribution in [0, 0.1) is 11.2 Å². The van der Waals surface area contributed by atoms with Gasteiger partial charge in [0.15, 0.2) is 0 Å². The lowest BCUT2D eigenvalue weighted by atomic mass is 9.79. The molecule has 5 nitrogen and oxygen atoms in total. The van der Waals surface area contributed by atoms with E-state index in [0.29, 0.717) is 5.46 Å². The van der Waals surface area contributed by atoms with Crippen LogP contribution in [0.3, 0.4) is 0 Å². The molecular weight excluding hydrogens is 298 g/mol. The number of carbonyl (C=O) groups excluding carboxylic acids is 1. The van der Waals surface area contributed by atoms with E-state index < -0.39 is 29.6 Å². The Morgan fingerprint density at radius 1 is 1.22 bits per heavy atom. The molecule has 0 spiro atoms. The predicted octanol–water partition coefficient (Wildman–Crippen LogP) is 2.50. The second-order valence-corrected chi connectivity index (χ2v) is 7.88. The molecule has 23 heavy (non-hydrogen) atoms. The van der Waals surface area contributed by atoms with Gasteiger partial charge in [0.25, 0.3) is 0 Å². The van der Waals surface area contributed by atoms with Crippen LogP contribution >= 0.6 is 0 Å². The molecule has 1 aromatic heterocycles. The highest BCUT2D eigenvalue weighted by Crippen LogP contribution is 2.37. The fourth-order valence-electron chi connectivity index (χ4n) is 2.00. The molecule has 2 heterocycles. The summed E-state index contributed by atoms with van der Waals surface area (Å²) in [5.41, 5.74) is -1.34. The van der Waals surface area contributed by atoms with E-state index in [9.17, 15) is 9.18 Å². The molecule has 1 aliphatic rings.